The van der Waals surface area contributed by atoms with E-state index in [1.807, 2.05) is 37.5 Å². The number of carbonyl (C=O) groups excluding carboxylic acids is 1. The summed E-state index contributed by atoms with van der Waals surface area (Å²) in [5.41, 5.74) is 1.62. The molecule has 1 amide bonds. The van der Waals surface area contributed by atoms with E-state index in [2.05, 4.69) is 21.2 Å². The number of nitrogens with zero attached hydrogens (tertiary/aromatic N) is 1. The number of ether oxygens (including phenoxy) is 1. The monoisotopic (exact) mass is 322 g/mol. The van der Waals surface area contributed by atoms with Gasteiger partial charge < -0.3 is 14.6 Å². The number of aromatic nitrogens is 1. The maximum Gasteiger partial charge on any atom is 0.268 e. The molecule has 0 fully saturated rings. The number of hydrogen-bond acceptors (Lipinski definition) is 2. The summed E-state index contributed by atoms with van der Waals surface area (Å²) in [7, 11) is 3.46. The Morgan fingerprint density at radius 1 is 1.42 bits per heavy atom. The average molecular weight is 323 g/mol. The summed E-state index contributed by atoms with van der Waals surface area (Å²) in [4.78, 5) is 12.0. The van der Waals surface area contributed by atoms with Crippen molar-refractivity contribution in [2.24, 2.45) is 7.05 Å². The molecular weight excluding hydrogens is 308 g/mol. The van der Waals surface area contributed by atoms with Gasteiger partial charge in [0.1, 0.15) is 11.4 Å². The second-order valence-electron chi connectivity index (χ2n) is 4.19. The van der Waals surface area contributed by atoms with Crippen molar-refractivity contribution < 1.29 is 9.53 Å². The van der Waals surface area contributed by atoms with E-state index in [1.54, 1.807) is 17.7 Å². The number of aryl methyl sites for hydroxylation is 1. The summed E-state index contributed by atoms with van der Waals surface area (Å²) in [5.74, 6) is 0.685. The highest BCUT2D eigenvalue weighted by molar-refractivity contribution is 9.10. The normalized spacial score (nSPS) is 10.3. The molecule has 1 aromatic carbocycles. The third-order valence-corrected chi connectivity index (χ3v) is 3.23. The molecular formula is C14H15BrN2O2. The fourth-order valence-electron chi connectivity index (χ4n) is 1.81. The van der Waals surface area contributed by atoms with Crippen molar-refractivity contribution in [3.63, 3.8) is 0 Å². The molecule has 1 aromatic heterocycles. The van der Waals surface area contributed by atoms with Crippen LogP contribution in [-0.4, -0.2) is 17.6 Å². The molecule has 0 unspecified atom stereocenters. The third-order valence-electron chi connectivity index (χ3n) is 2.79. The second-order valence-corrected chi connectivity index (χ2v) is 5.10. The fourth-order valence-corrected chi connectivity index (χ4v) is 2.33. The maximum atomic E-state index is 12.0. The number of carbonyl (C=O) groups is 1. The molecule has 0 spiro atoms. The molecule has 0 saturated heterocycles. The van der Waals surface area contributed by atoms with Crippen LogP contribution in [0.15, 0.2) is 41.0 Å². The van der Waals surface area contributed by atoms with Crippen LogP contribution in [0.3, 0.4) is 0 Å². The van der Waals surface area contributed by atoms with Crippen LogP contribution in [0.4, 0.5) is 0 Å². The Balaban J connectivity index is 2.02. The van der Waals surface area contributed by atoms with Gasteiger partial charge in [-0.3, -0.25) is 4.79 Å². The second kappa shape index (κ2) is 5.93. The van der Waals surface area contributed by atoms with E-state index in [-0.39, 0.29) is 5.91 Å². The van der Waals surface area contributed by atoms with Gasteiger partial charge in [0.05, 0.1) is 7.11 Å². The fraction of sp³-hybridized carbons (Fsp3) is 0.214. The van der Waals surface area contributed by atoms with Crippen LogP contribution in [0.25, 0.3) is 0 Å². The van der Waals surface area contributed by atoms with Gasteiger partial charge in [-0.05, 0) is 39.7 Å². The molecule has 0 aliphatic heterocycles. The Labute approximate surface area is 120 Å². The van der Waals surface area contributed by atoms with E-state index < -0.39 is 0 Å². The van der Waals surface area contributed by atoms with Gasteiger partial charge in [-0.2, -0.15) is 0 Å². The summed E-state index contributed by atoms with van der Waals surface area (Å²) in [6, 6.07) is 9.42. The number of benzene rings is 1. The van der Waals surface area contributed by atoms with Gasteiger partial charge in [0.2, 0.25) is 0 Å². The number of nitrogens with one attached hydrogen (secondary N) is 1. The summed E-state index contributed by atoms with van der Waals surface area (Å²) in [6.45, 7) is 0.471. The molecule has 0 bridgehead atoms. The van der Waals surface area contributed by atoms with Crippen LogP contribution in [-0.2, 0) is 13.6 Å². The molecule has 0 aliphatic carbocycles. The van der Waals surface area contributed by atoms with E-state index in [9.17, 15) is 4.79 Å². The minimum Gasteiger partial charge on any atom is -0.497 e. The molecule has 1 N–H and O–H groups in total. The molecule has 4 nitrogen and oxygen atoms in total. The zero-order valence-electron chi connectivity index (χ0n) is 10.8. The van der Waals surface area contributed by atoms with E-state index in [0.717, 1.165) is 15.8 Å². The Morgan fingerprint density at radius 2 is 2.21 bits per heavy atom. The largest absolute Gasteiger partial charge is 0.497 e. The van der Waals surface area contributed by atoms with Crippen molar-refractivity contribution in [2.75, 3.05) is 7.11 Å². The van der Waals surface area contributed by atoms with Crippen molar-refractivity contribution in [2.45, 2.75) is 6.54 Å². The van der Waals surface area contributed by atoms with Crippen LogP contribution in [0.5, 0.6) is 5.75 Å². The van der Waals surface area contributed by atoms with Crippen LogP contribution < -0.4 is 10.1 Å². The van der Waals surface area contributed by atoms with Crippen molar-refractivity contribution >= 4 is 21.8 Å². The van der Waals surface area contributed by atoms with Gasteiger partial charge in [0.15, 0.2) is 0 Å². The minimum absolute atomic E-state index is 0.101. The number of rotatable bonds is 4. The van der Waals surface area contributed by atoms with E-state index in [1.165, 1.54) is 0 Å². The predicted molar refractivity (Wildman–Crippen MR) is 77.3 cm³/mol. The Bertz CT molecular complexity index is 593. The molecule has 0 saturated carbocycles. The third kappa shape index (κ3) is 3.38. The lowest BCUT2D eigenvalue weighted by atomic mass is 10.2. The lowest BCUT2D eigenvalue weighted by Crippen LogP contribution is -2.24. The number of hydrogen-bond donors (Lipinski definition) is 1. The predicted octanol–water partition coefficient (Wildman–Crippen LogP) is 2.73. The van der Waals surface area contributed by atoms with Crippen LogP contribution in [0.2, 0.25) is 0 Å². The van der Waals surface area contributed by atoms with E-state index >= 15 is 0 Å². The molecule has 0 atom stereocenters. The van der Waals surface area contributed by atoms with Gasteiger partial charge in [-0.1, -0.05) is 12.1 Å². The summed E-state index contributed by atoms with van der Waals surface area (Å²) in [6.07, 6.45) is 1.85. The molecule has 100 valence electrons. The van der Waals surface area contributed by atoms with Gasteiger partial charge in [0, 0.05) is 24.3 Å². The van der Waals surface area contributed by atoms with Gasteiger partial charge >= 0.3 is 0 Å². The Hall–Kier alpha value is -1.75. The lowest BCUT2D eigenvalue weighted by molar-refractivity contribution is 0.0942. The molecule has 2 aromatic rings. The van der Waals surface area contributed by atoms with Crippen LogP contribution >= 0.6 is 15.9 Å². The molecule has 1 heterocycles. The highest BCUT2D eigenvalue weighted by Gasteiger charge is 2.10. The number of methoxy groups -OCH3 is 1. The Morgan fingerprint density at radius 3 is 2.84 bits per heavy atom. The Kier molecular flexibility index (Phi) is 4.27. The summed E-state index contributed by atoms with van der Waals surface area (Å²) in [5, 5.41) is 2.88. The van der Waals surface area contributed by atoms with Crippen molar-refractivity contribution in [3.8, 4) is 5.75 Å². The molecule has 19 heavy (non-hydrogen) atoms. The molecule has 2 rings (SSSR count). The van der Waals surface area contributed by atoms with Gasteiger partial charge in [-0.25, -0.2) is 0 Å². The smallest absolute Gasteiger partial charge is 0.268 e. The van der Waals surface area contributed by atoms with Crippen molar-refractivity contribution in [3.05, 3.63) is 52.3 Å². The first-order valence-corrected chi connectivity index (χ1v) is 6.62. The molecule has 5 heteroatoms. The topological polar surface area (TPSA) is 43.3 Å². The van der Waals surface area contributed by atoms with Crippen molar-refractivity contribution in [1.82, 2.24) is 9.88 Å². The summed E-state index contributed by atoms with van der Waals surface area (Å²) < 4.78 is 7.82. The number of halogens is 1. The van der Waals surface area contributed by atoms with Gasteiger partial charge in [-0.15, -0.1) is 0 Å². The van der Waals surface area contributed by atoms with Crippen LogP contribution in [0, 0.1) is 0 Å². The van der Waals surface area contributed by atoms with Crippen molar-refractivity contribution in [1.29, 1.82) is 0 Å². The van der Waals surface area contributed by atoms with Gasteiger partial charge in [0.25, 0.3) is 5.91 Å². The first kappa shape index (κ1) is 13.7. The highest BCUT2D eigenvalue weighted by atomic mass is 79.9. The minimum atomic E-state index is -0.101. The highest BCUT2D eigenvalue weighted by Crippen LogP contribution is 2.15. The van der Waals surface area contributed by atoms with E-state index in [4.69, 9.17) is 4.74 Å². The first-order chi connectivity index (χ1) is 9.10. The van der Waals surface area contributed by atoms with Crippen LogP contribution in [0.1, 0.15) is 16.1 Å². The maximum absolute atomic E-state index is 12.0. The quantitative estimate of drug-likeness (QED) is 0.940. The first-order valence-electron chi connectivity index (χ1n) is 5.83. The zero-order valence-corrected chi connectivity index (χ0v) is 12.4. The molecule has 0 aliphatic rings. The zero-order chi connectivity index (χ0) is 13.8. The average Bonchev–Trinajstić information content (AvgIpc) is 2.75. The SMILES string of the molecule is COc1cccc(CNC(=O)c2cc(Br)cn2C)c1. The lowest BCUT2D eigenvalue weighted by Gasteiger charge is -2.07. The molecule has 0 radical (unpaired) electrons. The summed E-state index contributed by atoms with van der Waals surface area (Å²) >= 11 is 3.35. The standard InChI is InChI=1S/C14H15BrN2O2/c1-17-9-11(15)7-13(17)14(18)16-8-10-4-3-5-12(6-10)19-2/h3-7,9H,8H2,1-2H3,(H,16,18). The number of amides is 1. The van der Waals surface area contributed by atoms with E-state index in [0.29, 0.717) is 12.2 Å².